The number of rotatable bonds is 6. The van der Waals surface area contributed by atoms with Gasteiger partial charge in [-0.2, -0.15) is 8.42 Å². The molecule has 34 heavy (non-hydrogen) atoms. The fourth-order valence-corrected chi connectivity index (χ4v) is 4.78. The van der Waals surface area contributed by atoms with Crippen LogP contribution in [-0.2, 0) is 28.3 Å². The van der Waals surface area contributed by atoms with Crippen LogP contribution in [0.25, 0.3) is 11.0 Å². The summed E-state index contributed by atoms with van der Waals surface area (Å²) in [6.45, 7) is 6.89. The second-order valence-corrected chi connectivity index (χ2v) is 9.80. The minimum absolute atomic E-state index is 0.0473. The summed E-state index contributed by atoms with van der Waals surface area (Å²) in [5, 5.41) is 8.33. The number of imidazole rings is 1. The molecule has 2 heterocycles. The quantitative estimate of drug-likeness (QED) is 0.308. The molecule has 4 rings (SSSR count). The van der Waals surface area contributed by atoms with Crippen LogP contribution >= 0.6 is 0 Å². The molecule has 0 amide bonds. The molecule has 0 aliphatic carbocycles. The van der Waals surface area contributed by atoms with Gasteiger partial charge < -0.3 is 14.2 Å². The molecule has 1 aliphatic heterocycles. The zero-order chi connectivity index (χ0) is 24.6. The number of benzene rings is 2. The Morgan fingerprint density at radius 2 is 2.00 bits per heavy atom. The van der Waals surface area contributed by atoms with E-state index in [0.717, 1.165) is 30.6 Å². The Kier molecular flexibility index (Phi) is 6.41. The number of azo groups is 1. The van der Waals surface area contributed by atoms with Gasteiger partial charge in [-0.15, -0.1) is 10.2 Å². The zero-order valence-corrected chi connectivity index (χ0v) is 20.3. The highest BCUT2D eigenvalue weighted by molar-refractivity contribution is 7.86. The van der Waals surface area contributed by atoms with Crippen LogP contribution in [0.2, 0.25) is 0 Å². The highest BCUT2D eigenvalue weighted by Crippen LogP contribution is 2.37. The molecule has 0 fully saturated rings. The van der Waals surface area contributed by atoms with Crippen molar-refractivity contribution in [3.63, 3.8) is 0 Å². The van der Waals surface area contributed by atoms with E-state index in [-0.39, 0.29) is 29.2 Å². The fraction of sp³-hybridized carbons (Fsp3) is 0.391. The van der Waals surface area contributed by atoms with Gasteiger partial charge in [0.2, 0.25) is 5.95 Å². The summed E-state index contributed by atoms with van der Waals surface area (Å²) >= 11 is 0. The smallest absolute Gasteiger partial charge is 0.338 e. The zero-order valence-electron chi connectivity index (χ0n) is 19.5. The Morgan fingerprint density at radius 1 is 1.24 bits per heavy atom. The second-order valence-electron chi connectivity index (χ2n) is 8.41. The SMILES string of the molecule is CCOC(=O)c1ccc2nc(N=Nc3cc4c(cc3S(=O)(=O)O)N(C(C)C)CCC4)n(C)c2c1. The van der Waals surface area contributed by atoms with E-state index in [0.29, 0.717) is 16.6 Å². The monoisotopic (exact) mass is 485 g/mol. The summed E-state index contributed by atoms with van der Waals surface area (Å²) in [7, 11) is -2.82. The summed E-state index contributed by atoms with van der Waals surface area (Å²) in [5.41, 5.74) is 3.41. The predicted octanol–water partition coefficient (Wildman–Crippen LogP) is 4.57. The number of aromatic nitrogens is 2. The summed E-state index contributed by atoms with van der Waals surface area (Å²) in [4.78, 5) is 18.3. The van der Waals surface area contributed by atoms with Crippen molar-refractivity contribution < 1.29 is 22.5 Å². The molecule has 0 radical (unpaired) electrons. The maximum atomic E-state index is 12.2. The minimum atomic E-state index is -4.53. The van der Waals surface area contributed by atoms with E-state index in [2.05, 4.69) is 20.1 Å². The number of nitrogens with zero attached hydrogens (tertiary/aromatic N) is 5. The lowest BCUT2D eigenvalue weighted by Crippen LogP contribution is -2.35. The Bertz CT molecular complexity index is 1390. The van der Waals surface area contributed by atoms with Gasteiger partial charge in [0.1, 0.15) is 10.6 Å². The fourth-order valence-electron chi connectivity index (χ4n) is 4.16. The molecule has 0 bridgehead atoms. The third kappa shape index (κ3) is 4.53. The first-order valence-corrected chi connectivity index (χ1v) is 12.5. The van der Waals surface area contributed by atoms with E-state index in [1.54, 1.807) is 42.8 Å². The molecule has 0 atom stereocenters. The Morgan fingerprint density at radius 3 is 2.68 bits per heavy atom. The predicted molar refractivity (Wildman–Crippen MR) is 128 cm³/mol. The molecule has 10 nitrogen and oxygen atoms in total. The van der Waals surface area contributed by atoms with Gasteiger partial charge in [-0.05, 0) is 69.5 Å². The Labute approximate surface area is 198 Å². The summed E-state index contributed by atoms with van der Waals surface area (Å²) in [5.74, 6) is -0.213. The summed E-state index contributed by atoms with van der Waals surface area (Å²) < 4.78 is 40.9. The maximum Gasteiger partial charge on any atom is 0.338 e. The molecule has 1 aromatic heterocycles. The van der Waals surface area contributed by atoms with Gasteiger partial charge in [0.25, 0.3) is 10.1 Å². The topological polar surface area (TPSA) is 126 Å². The number of esters is 1. The van der Waals surface area contributed by atoms with Crippen molar-refractivity contribution in [1.29, 1.82) is 0 Å². The number of hydrogen-bond donors (Lipinski definition) is 1. The van der Waals surface area contributed by atoms with Crippen LogP contribution in [-0.4, -0.2) is 47.7 Å². The van der Waals surface area contributed by atoms with Crippen LogP contribution in [0.4, 0.5) is 17.3 Å². The average Bonchev–Trinajstić information content (AvgIpc) is 3.10. The molecule has 0 saturated carbocycles. The van der Waals surface area contributed by atoms with Crippen molar-refractivity contribution in [2.24, 2.45) is 17.3 Å². The van der Waals surface area contributed by atoms with E-state index in [4.69, 9.17) is 4.74 Å². The summed E-state index contributed by atoms with van der Waals surface area (Å²) in [6, 6.07) is 8.28. The number of anilines is 1. The highest BCUT2D eigenvalue weighted by Gasteiger charge is 2.25. The normalized spacial score (nSPS) is 14.2. The van der Waals surface area contributed by atoms with Crippen molar-refractivity contribution in [2.45, 2.75) is 44.6 Å². The molecule has 180 valence electrons. The molecule has 11 heteroatoms. The molecule has 3 aromatic rings. The van der Waals surface area contributed by atoms with E-state index in [1.165, 1.54) is 6.07 Å². The number of carbonyl (C=O) groups excluding carboxylic acids is 1. The van der Waals surface area contributed by atoms with Gasteiger partial charge in [0.15, 0.2) is 0 Å². The number of aryl methyl sites for hydroxylation is 2. The van der Waals surface area contributed by atoms with Gasteiger partial charge in [0, 0.05) is 25.3 Å². The van der Waals surface area contributed by atoms with Gasteiger partial charge in [-0.25, -0.2) is 9.78 Å². The van der Waals surface area contributed by atoms with Crippen molar-refractivity contribution in [3.8, 4) is 0 Å². The van der Waals surface area contributed by atoms with Crippen molar-refractivity contribution in [1.82, 2.24) is 9.55 Å². The Balaban J connectivity index is 1.76. The third-order valence-electron chi connectivity index (χ3n) is 5.83. The van der Waals surface area contributed by atoms with Crippen LogP contribution in [0.3, 0.4) is 0 Å². The standard InChI is InChI=1S/C23H27N5O5S/c1-5-33-22(29)16-8-9-17-20(12-16)27(4)23(24-17)26-25-18-11-15-7-6-10-28(14(2)3)19(15)13-21(18)34(30,31)32/h8-9,11-14H,5-7,10H2,1-4H3,(H,30,31,32). The minimum Gasteiger partial charge on any atom is -0.462 e. The molecular weight excluding hydrogens is 458 g/mol. The first-order valence-electron chi connectivity index (χ1n) is 11.1. The van der Waals surface area contributed by atoms with Crippen LogP contribution in [0, 0.1) is 0 Å². The van der Waals surface area contributed by atoms with E-state index < -0.39 is 16.1 Å². The van der Waals surface area contributed by atoms with Crippen molar-refractivity contribution in [2.75, 3.05) is 18.1 Å². The van der Waals surface area contributed by atoms with Gasteiger partial charge in [-0.1, -0.05) is 0 Å². The largest absolute Gasteiger partial charge is 0.462 e. The second kappa shape index (κ2) is 9.15. The summed E-state index contributed by atoms with van der Waals surface area (Å²) in [6.07, 6.45) is 1.70. The van der Waals surface area contributed by atoms with Crippen molar-refractivity contribution >= 4 is 44.4 Å². The molecular formula is C23H27N5O5S. The Hall–Kier alpha value is -3.31. The maximum absolute atomic E-state index is 12.2. The number of ether oxygens (including phenoxy) is 1. The van der Waals surface area contributed by atoms with Gasteiger partial charge >= 0.3 is 5.97 Å². The number of fused-ring (bicyclic) bond motifs is 2. The molecule has 1 aliphatic rings. The molecule has 1 N–H and O–H groups in total. The van der Waals surface area contributed by atoms with Crippen LogP contribution in [0.15, 0.2) is 45.5 Å². The average molecular weight is 486 g/mol. The molecule has 2 aromatic carbocycles. The molecule has 0 spiro atoms. The first-order chi connectivity index (χ1) is 16.1. The number of carbonyl (C=O) groups is 1. The lowest BCUT2D eigenvalue weighted by atomic mass is 10.00. The van der Waals surface area contributed by atoms with Crippen LogP contribution in [0.1, 0.15) is 43.1 Å². The van der Waals surface area contributed by atoms with Gasteiger partial charge in [-0.3, -0.25) is 4.55 Å². The third-order valence-corrected chi connectivity index (χ3v) is 6.71. The van der Waals surface area contributed by atoms with Crippen LogP contribution < -0.4 is 4.90 Å². The number of hydrogen-bond acceptors (Lipinski definition) is 8. The highest BCUT2D eigenvalue weighted by atomic mass is 32.2. The molecule has 0 unspecified atom stereocenters. The van der Waals surface area contributed by atoms with E-state index in [9.17, 15) is 17.8 Å². The van der Waals surface area contributed by atoms with E-state index in [1.807, 2.05) is 13.8 Å². The first kappa shape index (κ1) is 23.8. The van der Waals surface area contributed by atoms with Crippen LogP contribution in [0.5, 0.6) is 0 Å². The molecule has 0 saturated heterocycles. The van der Waals surface area contributed by atoms with Crippen molar-refractivity contribution in [3.05, 3.63) is 41.5 Å². The lowest BCUT2D eigenvalue weighted by Gasteiger charge is -2.35. The lowest BCUT2D eigenvalue weighted by molar-refractivity contribution is 0.0526. The van der Waals surface area contributed by atoms with Gasteiger partial charge in [0.05, 0.1) is 23.2 Å². The van der Waals surface area contributed by atoms with E-state index >= 15 is 0 Å².